The van der Waals surface area contributed by atoms with Crippen molar-refractivity contribution in [3.05, 3.63) is 81.3 Å². The van der Waals surface area contributed by atoms with E-state index in [1.54, 1.807) is 0 Å². The SMILES string of the molecule is CCCC(C1=CC(C)(C)c2ccccc2C1=O)c1ccc(Br)cc1. The van der Waals surface area contributed by atoms with Crippen molar-refractivity contribution in [2.45, 2.75) is 44.9 Å². The number of ketones is 1. The third-order valence-electron chi connectivity index (χ3n) is 4.87. The van der Waals surface area contributed by atoms with Gasteiger partial charge in [0.2, 0.25) is 0 Å². The largest absolute Gasteiger partial charge is 0.289 e. The van der Waals surface area contributed by atoms with E-state index >= 15 is 0 Å². The summed E-state index contributed by atoms with van der Waals surface area (Å²) in [5, 5.41) is 0. The van der Waals surface area contributed by atoms with Crippen LogP contribution in [0.15, 0.2) is 64.7 Å². The van der Waals surface area contributed by atoms with E-state index in [4.69, 9.17) is 0 Å². The Morgan fingerprint density at radius 2 is 1.71 bits per heavy atom. The molecule has 0 heterocycles. The molecule has 1 unspecified atom stereocenters. The molecule has 1 atom stereocenters. The Balaban J connectivity index is 2.10. The number of rotatable bonds is 4. The first kappa shape index (κ1) is 17.2. The Morgan fingerprint density at radius 1 is 1.04 bits per heavy atom. The van der Waals surface area contributed by atoms with Gasteiger partial charge in [-0.2, -0.15) is 0 Å². The van der Waals surface area contributed by atoms with Gasteiger partial charge in [0, 0.05) is 26.9 Å². The second-order valence-electron chi connectivity index (χ2n) is 7.09. The van der Waals surface area contributed by atoms with Crippen LogP contribution in [0.2, 0.25) is 0 Å². The summed E-state index contributed by atoms with van der Waals surface area (Å²) >= 11 is 3.50. The first-order valence-corrected chi connectivity index (χ1v) is 9.35. The number of hydrogen-bond donors (Lipinski definition) is 0. The minimum atomic E-state index is -0.124. The maximum absolute atomic E-state index is 13.2. The maximum Gasteiger partial charge on any atom is 0.189 e. The number of Topliss-reactive ketones (excluding diaryl/α,β-unsaturated/α-hetero) is 1. The lowest BCUT2D eigenvalue weighted by atomic mass is 9.70. The second-order valence-corrected chi connectivity index (χ2v) is 8.00. The Hall–Kier alpha value is -1.67. The van der Waals surface area contributed by atoms with Gasteiger partial charge in [0.25, 0.3) is 0 Å². The van der Waals surface area contributed by atoms with Gasteiger partial charge in [-0.25, -0.2) is 0 Å². The van der Waals surface area contributed by atoms with Gasteiger partial charge in [0.1, 0.15) is 0 Å². The maximum atomic E-state index is 13.2. The number of benzene rings is 2. The molecule has 2 aromatic carbocycles. The summed E-state index contributed by atoms with van der Waals surface area (Å²) in [5.74, 6) is 0.342. The lowest BCUT2D eigenvalue weighted by Gasteiger charge is -2.33. The standard InChI is InChI=1S/C22H23BrO/c1-4-7-17(15-10-12-16(23)13-11-15)19-14-22(2,3)20-9-6-5-8-18(20)21(19)24/h5-6,8-14,17H,4,7H2,1-3H3. The predicted octanol–water partition coefficient (Wildman–Crippen LogP) is 6.43. The van der Waals surface area contributed by atoms with Crippen LogP contribution in [0, 0.1) is 0 Å². The molecule has 0 radical (unpaired) electrons. The normalized spacial score (nSPS) is 17.2. The van der Waals surface area contributed by atoms with Crippen LogP contribution < -0.4 is 0 Å². The van der Waals surface area contributed by atoms with Crippen LogP contribution in [-0.4, -0.2) is 5.78 Å². The zero-order valence-electron chi connectivity index (χ0n) is 14.5. The van der Waals surface area contributed by atoms with E-state index < -0.39 is 0 Å². The van der Waals surface area contributed by atoms with Crippen molar-refractivity contribution in [3.63, 3.8) is 0 Å². The first-order chi connectivity index (χ1) is 11.4. The molecular weight excluding hydrogens is 360 g/mol. The van der Waals surface area contributed by atoms with E-state index in [1.807, 2.05) is 18.2 Å². The Kier molecular flexibility index (Phi) is 4.78. The molecule has 0 fully saturated rings. The number of allylic oxidation sites excluding steroid dienone is 2. The van der Waals surface area contributed by atoms with Gasteiger partial charge in [0.05, 0.1) is 0 Å². The summed E-state index contributed by atoms with van der Waals surface area (Å²) < 4.78 is 1.07. The van der Waals surface area contributed by atoms with Crippen LogP contribution in [-0.2, 0) is 5.41 Å². The second kappa shape index (κ2) is 6.68. The van der Waals surface area contributed by atoms with Gasteiger partial charge in [-0.3, -0.25) is 4.79 Å². The van der Waals surface area contributed by atoms with Crippen molar-refractivity contribution in [1.29, 1.82) is 0 Å². The molecule has 0 saturated carbocycles. The molecular formula is C22H23BrO. The minimum absolute atomic E-state index is 0.124. The summed E-state index contributed by atoms with van der Waals surface area (Å²) in [4.78, 5) is 13.2. The monoisotopic (exact) mass is 382 g/mol. The van der Waals surface area contributed by atoms with Gasteiger partial charge < -0.3 is 0 Å². The van der Waals surface area contributed by atoms with Crippen molar-refractivity contribution in [2.24, 2.45) is 0 Å². The van der Waals surface area contributed by atoms with Crippen LogP contribution in [0.25, 0.3) is 0 Å². The van der Waals surface area contributed by atoms with Crippen molar-refractivity contribution in [2.75, 3.05) is 0 Å². The van der Waals surface area contributed by atoms with E-state index in [2.05, 4.69) is 73.1 Å². The number of halogens is 1. The molecule has 1 aliphatic rings. The first-order valence-electron chi connectivity index (χ1n) is 8.56. The molecule has 2 aromatic rings. The summed E-state index contributed by atoms with van der Waals surface area (Å²) in [5.41, 5.74) is 4.03. The van der Waals surface area contributed by atoms with Gasteiger partial charge >= 0.3 is 0 Å². The highest BCUT2D eigenvalue weighted by Crippen LogP contribution is 2.41. The molecule has 0 bridgehead atoms. The molecule has 0 amide bonds. The molecule has 0 saturated heterocycles. The average molecular weight is 383 g/mol. The summed E-state index contributed by atoms with van der Waals surface area (Å²) in [6.07, 6.45) is 4.23. The quantitative estimate of drug-likeness (QED) is 0.594. The van der Waals surface area contributed by atoms with Crippen LogP contribution in [0.3, 0.4) is 0 Å². The zero-order chi connectivity index (χ0) is 17.3. The van der Waals surface area contributed by atoms with E-state index in [0.29, 0.717) is 0 Å². The summed E-state index contributed by atoms with van der Waals surface area (Å²) in [6, 6.07) is 16.4. The van der Waals surface area contributed by atoms with E-state index in [0.717, 1.165) is 34.0 Å². The topological polar surface area (TPSA) is 17.1 Å². The van der Waals surface area contributed by atoms with Gasteiger partial charge in [0.15, 0.2) is 5.78 Å². The fraction of sp³-hybridized carbons (Fsp3) is 0.318. The third-order valence-corrected chi connectivity index (χ3v) is 5.40. The molecule has 0 N–H and O–H groups in total. The van der Waals surface area contributed by atoms with Crippen molar-refractivity contribution >= 4 is 21.7 Å². The molecule has 0 aromatic heterocycles. The molecule has 1 nitrogen and oxygen atoms in total. The molecule has 2 heteroatoms. The fourth-order valence-electron chi connectivity index (χ4n) is 3.67. The number of carbonyl (C=O) groups excluding carboxylic acids is 1. The average Bonchev–Trinajstić information content (AvgIpc) is 2.57. The highest BCUT2D eigenvalue weighted by atomic mass is 79.9. The number of fused-ring (bicyclic) bond motifs is 1. The highest BCUT2D eigenvalue weighted by molar-refractivity contribution is 9.10. The molecule has 24 heavy (non-hydrogen) atoms. The van der Waals surface area contributed by atoms with Gasteiger partial charge in [-0.05, 0) is 29.7 Å². The van der Waals surface area contributed by atoms with Gasteiger partial charge in [-0.1, -0.05) is 85.6 Å². The Bertz CT molecular complexity index is 784. The van der Waals surface area contributed by atoms with Crippen LogP contribution in [0.1, 0.15) is 61.0 Å². The van der Waals surface area contributed by atoms with Crippen LogP contribution >= 0.6 is 15.9 Å². The molecule has 0 aliphatic heterocycles. The van der Waals surface area contributed by atoms with Crippen molar-refractivity contribution < 1.29 is 4.79 Å². The van der Waals surface area contributed by atoms with Crippen molar-refractivity contribution in [3.8, 4) is 0 Å². The van der Waals surface area contributed by atoms with Crippen LogP contribution in [0.5, 0.6) is 0 Å². The Labute approximate surface area is 152 Å². The highest BCUT2D eigenvalue weighted by Gasteiger charge is 2.34. The lowest BCUT2D eigenvalue weighted by Crippen LogP contribution is -2.28. The van der Waals surface area contributed by atoms with Crippen LogP contribution in [0.4, 0.5) is 0 Å². The molecule has 0 spiro atoms. The van der Waals surface area contributed by atoms with E-state index in [1.165, 1.54) is 5.56 Å². The predicted molar refractivity (Wildman–Crippen MR) is 104 cm³/mol. The molecule has 1 aliphatic carbocycles. The Morgan fingerprint density at radius 3 is 2.38 bits per heavy atom. The zero-order valence-corrected chi connectivity index (χ0v) is 16.1. The number of hydrogen-bond acceptors (Lipinski definition) is 1. The lowest BCUT2D eigenvalue weighted by molar-refractivity contribution is 0.102. The van der Waals surface area contributed by atoms with Gasteiger partial charge in [-0.15, -0.1) is 0 Å². The molecule has 124 valence electrons. The minimum Gasteiger partial charge on any atom is -0.289 e. The smallest absolute Gasteiger partial charge is 0.189 e. The van der Waals surface area contributed by atoms with E-state index in [-0.39, 0.29) is 17.1 Å². The number of carbonyl (C=O) groups is 1. The fourth-order valence-corrected chi connectivity index (χ4v) is 3.94. The summed E-state index contributed by atoms with van der Waals surface area (Å²) in [6.45, 7) is 6.57. The summed E-state index contributed by atoms with van der Waals surface area (Å²) in [7, 11) is 0. The van der Waals surface area contributed by atoms with Crippen molar-refractivity contribution in [1.82, 2.24) is 0 Å². The molecule has 3 rings (SSSR count). The third kappa shape index (κ3) is 3.12. The van der Waals surface area contributed by atoms with E-state index in [9.17, 15) is 4.79 Å².